The van der Waals surface area contributed by atoms with Gasteiger partial charge in [-0.15, -0.1) is 0 Å². The van der Waals surface area contributed by atoms with Crippen LogP contribution in [-0.2, 0) is 4.79 Å². The fraction of sp³-hybridized carbons (Fsp3) is 0.900. The van der Waals surface area contributed by atoms with Gasteiger partial charge < -0.3 is 11.1 Å². The van der Waals surface area contributed by atoms with Crippen molar-refractivity contribution in [2.75, 3.05) is 13.1 Å². The highest BCUT2D eigenvalue weighted by molar-refractivity contribution is 5.76. The number of nitrogens with two attached hydrogens (primary N) is 1. The Morgan fingerprint density at radius 2 is 2.00 bits per heavy atom. The van der Waals surface area contributed by atoms with Gasteiger partial charge in [0.15, 0.2) is 0 Å². The molecule has 0 aliphatic heterocycles. The summed E-state index contributed by atoms with van der Waals surface area (Å²) in [4.78, 5) is 11.3. The van der Waals surface area contributed by atoms with Crippen molar-refractivity contribution in [2.24, 2.45) is 11.1 Å². The molecule has 0 spiro atoms. The summed E-state index contributed by atoms with van der Waals surface area (Å²) in [5, 5.41) is 1.84. The maximum atomic E-state index is 12.5. The minimum absolute atomic E-state index is 0.0306. The first-order valence-corrected chi connectivity index (χ1v) is 5.44. The number of nitrogens with one attached hydrogen (secondary N) is 1. The second-order valence-corrected chi connectivity index (χ2v) is 4.57. The van der Waals surface area contributed by atoms with E-state index in [2.05, 4.69) is 0 Å². The van der Waals surface area contributed by atoms with Gasteiger partial charge in [-0.3, -0.25) is 4.79 Å². The van der Waals surface area contributed by atoms with Gasteiger partial charge in [-0.25, -0.2) is 8.78 Å². The van der Waals surface area contributed by atoms with Gasteiger partial charge in [-0.2, -0.15) is 8.78 Å². The van der Waals surface area contributed by atoms with Crippen molar-refractivity contribution in [3.8, 4) is 0 Å². The van der Waals surface area contributed by atoms with Crippen LogP contribution >= 0.6 is 0 Å². The molecular formula is C10H16F4N2O. The first-order valence-electron chi connectivity index (χ1n) is 5.44. The van der Waals surface area contributed by atoms with Gasteiger partial charge >= 0.3 is 12.3 Å². The second-order valence-electron chi connectivity index (χ2n) is 4.57. The molecule has 0 radical (unpaired) electrons. The van der Waals surface area contributed by atoms with Crippen molar-refractivity contribution in [3.05, 3.63) is 0 Å². The molecule has 17 heavy (non-hydrogen) atoms. The predicted molar refractivity (Wildman–Crippen MR) is 53.9 cm³/mol. The van der Waals surface area contributed by atoms with Gasteiger partial charge in [0.1, 0.15) is 0 Å². The zero-order valence-electron chi connectivity index (χ0n) is 9.32. The van der Waals surface area contributed by atoms with E-state index >= 15 is 0 Å². The van der Waals surface area contributed by atoms with E-state index in [1.807, 2.05) is 5.32 Å². The van der Waals surface area contributed by atoms with E-state index in [0.29, 0.717) is 6.54 Å². The summed E-state index contributed by atoms with van der Waals surface area (Å²) in [5.74, 6) is -4.82. The van der Waals surface area contributed by atoms with Gasteiger partial charge in [0.2, 0.25) is 5.91 Å². The van der Waals surface area contributed by atoms with Crippen molar-refractivity contribution in [1.82, 2.24) is 5.32 Å². The molecule has 100 valence electrons. The third-order valence-electron chi connectivity index (χ3n) is 3.22. The fourth-order valence-corrected chi connectivity index (χ4v) is 1.83. The van der Waals surface area contributed by atoms with Gasteiger partial charge in [0.05, 0.1) is 6.54 Å². The summed E-state index contributed by atoms with van der Waals surface area (Å²) in [6.07, 6.45) is -1.22. The maximum absolute atomic E-state index is 12.5. The zero-order chi connectivity index (χ0) is 13.1. The molecule has 1 aliphatic carbocycles. The lowest BCUT2D eigenvalue weighted by molar-refractivity contribution is -0.138. The monoisotopic (exact) mass is 256 g/mol. The SMILES string of the molecule is NCC1(CC(=O)NCC(F)(F)C(F)F)CCC1. The summed E-state index contributed by atoms with van der Waals surface area (Å²) in [7, 11) is 0. The average Bonchev–Trinajstić information content (AvgIpc) is 2.20. The highest BCUT2D eigenvalue weighted by Gasteiger charge is 2.42. The standard InChI is InChI=1S/C10H16F4N2O/c11-8(12)10(13,14)6-16-7(17)4-9(5-15)2-1-3-9/h8H,1-6,15H2,(H,16,17). The van der Waals surface area contributed by atoms with E-state index in [1.54, 1.807) is 0 Å². The molecule has 0 unspecified atom stereocenters. The van der Waals surface area contributed by atoms with Crippen molar-refractivity contribution in [3.63, 3.8) is 0 Å². The molecule has 0 aromatic rings. The maximum Gasteiger partial charge on any atom is 0.324 e. The Hall–Kier alpha value is -0.850. The first-order chi connectivity index (χ1) is 7.81. The molecule has 1 saturated carbocycles. The summed E-state index contributed by atoms with van der Waals surface area (Å²) in [5.41, 5.74) is 5.18. The Morgan fingerprint density at radius 3 is 2.35 bits per heavy atom. The topological polar surface area (TPSA) is 55.1 Å². The van der Waals surface area contributed by atoms with Crippen LogP contribution in [0.25, 0.3) is 0 Å². The van der Waals surface area contributed by atoms with Crippen LogP contribution in [0.15, 0.2) is 0 Å². The van der Waals surface area contributed by atoms with E-state index in [-0.39, 0.29) is 11.8 Å². The molecule has 0 aromatic carbocycles. The molecule has 0 atom stereocenters. The number of alkyl halides is 4. The number of hydrogen-bond donors (Lipinski definition) is 2. The van der Waals surface area contributed by atoms with Crippen LogP contribution in [0.1, 0.15) is 25.7 Å². The van der Waals surface area contributed by atoms with E-state index in [4.69, 9.17) is 5.73 Å². The highest BCUT2D eigenvalue weighted by atomic mass is 19.3. The Kier molecular flexibility index (Phi) is 4.35. The molecule has 0 saturated heterocycles. The largest absolute Gasteiger partial charge is 0.350 e. The van der Waals surface area contributed by atoms with Crippen molar-refractivity contribution < 1.29 is 22.4 Å². The van der Waals surface area contributed by atoms with Gasteiger partial charge in [-0.05, 0) is 24.8 Å². The summed E-state index contributed by atoms with van der Waals surface area (Å²) in [6.45, 7) is -1.02. The molecule has 1 aliphatic rings. The minimum atomic E-state index is -4.18. The summed E-state index contributed by atoms with van der Waals surface area (Å²) < 4.78 is 48.7. The van der Waals surface area contributed by atoms with Crippen molar-refractivity contribution in [2.45, 2.75) is 38.0 Å². The quantitative estimate of drug-likeness (QED) is 0.708. The van der Waals surface area contributed by atoms with E-state index in [9.17, 15) is 22.4 Å². The smallest absolute Gasteiger partial charge is 0.324 e. The van der Waals surface area contributed by atoms with Crippen LogP contribution in [0.3, 0.4) is 0 Å². The number of carbonyl (C=O) groups excluding carboxylic acids is 1. The van der Waals surface area contributed by atoms with Crippen LogP contribution in [0.5, 0.6) is 0 Å². The number of carbonyl (C=O) groups is 1. The van der Waals surface area contributed by atoms with Gasteiger partial charge in [0, 0.05) is 6.42 Å². The Balaban J connectivity index is 2.35. The van der Waals surface area contributed by atoms with Crippen LogP contribution in [0, 0.1) is 5.41 Å². The van der Waals surface area contributed by atoms with Crippen molar-refractivity contribution >= 4 is 5.91 Å². The molecule has 7 heteroatoms. The first kappa shape index (κ1) is 14.2. The van der Waals surface area contributed by atoms with Crippen LogP contribution in [0.2, 0.25) is 0 Å². The summed E-state index contributed by atoms with van der Waals surface area (Å²) in [6, 6.07) is 0. The Morgan fingerprint density at radius 1 is 1.41 bits per heavy atom. The van der Waals surface area contributed by atoms with E-state index in [1.165, 1.54) is 0 Å². The normalized spacial score (nSPS) is 18.9. The number of halogens is 4. The lowest BCUT2D eigenvalue weighted by Gasteiger charge is -2.40. The third-order valence-corrected chi connectivity index (χ3v) is 3.22. The molecule has 3 nitrogen and oxygen atoms in total. The van der Waals surface area contributed by atoms with Gasteiger partial charge in [-0.1, -0.05) is 6.42 Å². The van der Waals surface area contributed by atoms with Crippen LogP contribution in [0.4, 0.5) is 17.6 Å². The molecule has 0 heterocycles. The lowest BCUT2D eigenvalue weighted by atomic mass is 9.66. The Labute approximate surface area is 96.7 Å². The van der Waals surface area contributed by atoms with Crippen molar-refractivity contribution in [1.29, 1.82) is 0 Å². The molecule has 3 N–H and O–H groups in total. The molecule has 0 bridgehead atoms. The van der Waals surface area contributed by atoms with E-state index < -0.39 is 24.8 Å². The predicted octanol–water partition coefficient (Wildman–Crippen LogP) is 1.52. The van der Waals surface area contributed by atoms with Gasteiger partial charge in [0.25, 0.3) is 0 Å². The molecular weight excluding hydrogens is 240 g/mol. The third kappa shape index (κ3) is 3.55. The summed E-state index contributed by atoms with van der Waals surface area (Å²) >= 11 is 0. The van der Waals surface area contributed by atoms with Crippen LogP contribution < -0.4 is 11.1 Å². The molecule has 0 aromatic heterocycles. The zero-order valence-corrected chi connectivity index (χ0v) is 9.32. The van der Waals surface area contributed by atoms with Crippen LogP contribution in [-0.4, -0.2) is 31.3 Å². The number of hydrogen-bond acceptors (Lipinski definition) is 2. The Bertz CT molecular complexity index is 274. The lowest BCUT2D eigenvalue weighted by Crippen LogP contribution is -2.45. The molecule has 1 rings (SSSR count). The number of rotatable bonds is 6. The molecule has 1 fully saturated rings. The second kappa shape index (κ2) is 5.20. The van der Waals surface area contributed by atoms with E-state index in [0.717, 1.165) is 19.3 Å². The minimum Gasteiger partial charge on any atom is -0.350 e. The molecule has 1 amide bonds. The fourth-order valence-electron chi connectivity index (χ4n) is 1.83. The highest BCUT2D eigenvalue weighted by Crippen LogP contribution is 2.42. The average molecular weight is 256 g/mol. The number of amides is 1.